The molecule has 0 bridgehead atoms. The lowest BCUT2D eigenvalue weighted by atomic mass is 10.1. The third-order valence-electron chi connectivity index (χ3n) is 4.30. The lowest BCUT2D eigenvalue weighted by Gasteiger charge is -2.26. The summed E-state index contributed by atoms with van der Waals surface area (Å²) in [6.07, 6.45) is 2.87. The summed E-state index contributed by atoms with van der Waals surface area (Å²) in [5.41, 5.74) is 2.01. The van der Waals surface area contributed by atoms with Gasteiger partial charge in [-0.05, 0) is 30.3 Å². The van der Waals surface area contributed by atoms with Crippen molar-refractivity contribution >= 4 is 44.0 Å². The van der Waals surface area contributed by atoms with E-state index in [1.54, 1.807) is 36.2 Å². The van der Waals surface area contributed by atoms with Crippen LogP contribution in [0.3, 0.4) is 0 Å². The third kappa shape index (κ3) is 4.39. The van der Waals surface area contributed by atoms with Gasteiger partial charge in [0, 0.05) is 36.1 Å². The SMILES string of the molecule is C=CC(=O)N(C)c1ccc(C(=O)N2CCc3nc(NS(C)(=O)=O)sc3C2)cc1. The van der Waals surface area contributed by atoms with Gasteiger partial charge in [-0.15, -0.1) is 0 Å². The smallest absolute Gasteiger partial charge is 0.254 e. The van der Waals surface area contributed by atoms with Gasteiger partial charge >= 0.3 is 0 Å². The molecule has 3 rings (SSSR count). The Hall–Kier alpha value is -2.72. The fourth-order valence-electron chi connectivity index (χ4n) is 2.85. The van der Waals surface area contributed by atoms with Crippen molar-refractivity contribution in [2.24, 2.45) is 0 Å². The highest BCUT2D eigenvalue weighted by molar-refractivity contribution is 7.92. The van der Waals surface area contributed by atoms with Crippen LogP contribution in [0.25, 0.3) is 0 Å². The van der Waals surface area contributed by atoms with Crippen molar-refractivity contribution in [1.82, 2.24) is 9.88 Å². The van der Waals surface area contributed by atoms with E-state index in [1.807, 2.05) is 0 Å². The summed E-state index contributed by atoms with van der Waals surface area (Å²) in [4.78, 5) is 32.8. The molecule has 1 aromatic carbocycles. The first-order valence-corrected chi connectivity index (χ1v) is 11.1. The second kappa shape index (κ2) is 7.72. The first kappa shape index (κ1) is 20.0. The molecule has 0 unspecified atom stereocenters. The van der Waals surface area contributed by atoms with Crippen LogP contribution in [0.1, 0.15) is 20.9 Å². The van der Waals surface area contributed by atoms with E-state index in [1.165, 1.54) is 22.3 Å². The number of sulfonamides is 1. The van der Waals surface area contributed by atoms with Crippen LogP contribution in [0.4, 0.5) is 10.8 Å². The summed E-state index contributed by atoms with van der Waals surface area (Å²) < 4.78 is 25.1. The van der Waals surface area contributed by atoms with Gasteiger partial charge in [-0.2, -0.15) is 0 Å². The Labute approximate surface area is 167 Å². The fraction of sp³-hybridized carbons (Fsp3) is 0.278. The average molecular weight is 421 g/mol. The van der Waals surface area contributed by atoms with Gasteiger partial charge in [0.1, 0.15) is 0 Å². The minimum Gasteiger partial charge on any atom is -0.333 e. The van der Waals surface area contributed by atoms with Crippen molar-refractivity contribution < 1.29 is 18.0 Å². The number of rotatable bonds is 5. The first-order valence-electron chi connectivity index (χ1n) is 8.44. The molecule has 1 N–H and O–H groups in total. The number of nitrogens with one attached hydrogen (secondary N) is 1. The Kier molecular flexibility index (Phi) is 5.52. The Morgan fingerprint density at radius 2 is 2.00 bits per heavy atom. The van der Waals surface area contributed by atoms with E-state index >= 15 is 0 Å². The number of carbonyl (C=O) groups excluding carboxylic acids is 2. The van der Waals surface area contributed by atoms with Gasteiger partial charge in [-0.3, -0.25) is 14.3 Å². The van der Waals surface area contributed by atoms with Crippen LogP contribution in [0.2, 0.25) is 0 Å². The van der Waals surface area contributed by atoms with E-state index in [-0.39, 0.29) is 11.8 Å². The molecule has 2 heterocycles. The summed E-state index contributed by atoms with van der Waals surface area (Å²) in [6, 6.07) is 6.79. The first-order chi connectivity index (χ1) is 13.2. The molecule has 0 saturated heterocycles. The quantitative estimate of drug-likeness (QED) is 0.745. The van der Waals surface area contributed by atoms with Gasteiger partial charge in [0.25, 0.3) is 5.91 Å². The number of carbonyl (C=O) groups is 2. The molecule has 148 valence electrons. The van der Waals surface area contributed by atoms with Crippen molar-refractivity contribution in [3.8, 4) is 0 Å². The van der Waals surface area contributed by atoms with Gasteiger partial charge in [-0.1, -0.05) is 17.9 Å². The molecule has 1 aliphatic heterocycles. The van der Waals surface area contributed by atoms with Crippen LogP contribution in [0.5, 0.6) is 0 Å². The highest BCUT2D eigenvalue weighted by atomic mass is 32.2. The molecule has 10 heteroatoms. The summed E-state index contributed by atoms with van der Waals surface area (Å²) in [7, 11) is -1.75. The van der Waals surface area contributed by atoms with E-state index in [9.17, 15) is 18.0 Å². The van der Waals surface area contributed by atoms with Crippen molar-refractivity contribution in [1.29, 1.82) is 0 Å². The molecule has 0 fully saturated rings. The van der Waals surface area contributed by atoms with E-state index < -0.39 is 10.0 Å². The number of fused-ring (bicyclic) bond motifs is 1. The van der Waals surface area contributed by atoms with Gasteiger partial charge in [0.05, 0.1) is 18.5 Å². The molecule has 0 aliphatic carbocycles. The molecule has 0 spiro atoms. The fourth-order valence-corrected chi connectivity index (χ4v) is 4.70. The van der Waals surface area contributed by atoms with E-state index in [0.29, 0.717) is 35.9 Å². The third-order valence-corrected chi connectivity index (χ3v) is 5.99. The number of benzene rings is 1. The molecule has 0 atom stereocenters. The number of aromatic nitrogens is 1. The zero-order valence-corrected chi connectivity index (χ0v) is 17.1. The van der Waals surface area contributed by atoms with Crippen molar-refractivity contribution in [3.05, 3.63) is 53.1 Å². The van der Waals surface area contributed by atoms with Crippen molar-refractivity contribution in [2.45, 2.75) is 13.0 Å². The predicted molar refractivity (Wildman–Crippen MR) is 109 cm³/mol. The van der Waals surface area contributed by atoms with E-state index in [4.69, 9.17) is 0 Å². The van der Waals surface area contributed by atoms with E-state index in [0.717, 1.165) is 16.8 Å². The number of amides is 2. The number of anilines is 2. The molecule has 8 nitrogen and oxygen atoms in total. The highest BCUT2D eigenvalue weighted by Gasteiger charge is 2.25. The molecular weight excluding hydrogens is 400 g/mol. The second-order valence-corrected chi connectivity index (χ2v) is 9.22. The zero-order valence-electron chi connectivity index (χ0n) is 15.5. The lowest BCUT2D eigenvalue weighted by molar-refractivity contribution is -0.113. The second-order valence-electron chi connectivity index (χ2n) is 6.39. The van der Waals surface area contributed by atoms with E-state index in [2.05, 4.69) is 16.3 Å². The van der Waals surface area contributed by atoms with Crippen molar-refractivity contribution in [3.63, 3.8) is 0 Å². The van der Waals surface area contributed by atoms with Crippen LogP contribution in [0, 0.1) is 0 Å². The van der Waals surface area contributed by atoms with Gasteiger partial charge in [0.2, 0.25) is 15.9 Å². The molecular formula is C18H20N4O4S2. The predicted octanol–water partition coefficient (Wildman–Crippen LogP) is 1.86. The largest absolute Gasteiger partial charge is 0.333 e. The lowest BCUT2D eigenvalue weighted by Crippen LogP contribution is -2.35. The Bertz CT molecular complexity index is 1030. The molecule has 1 aromatic heterocycles. The van der Waals surface area contributed by atoms with Gasteiger partial charge in [0.15, 0.2) is 5.13 Å². The Balaban J connectivity index is 1.72. The highest BCUT2D eigenvalue weighted by Crippen LogP contribution is 2.29. The molecule has 1 aliphatic rings. The van der Waals surface area contributed by atoms with Crippen LogP contribution in [-0.4, -0.2) is 50.0 Å². The molecule has 0 radical (unpaired) electrons. The maximum atomic E-state index is 12.8. The summed E-state index contributed by atoms with van der Waals surface area (Å²) in [6.45, 7) is 4.35. The Morgan fingerprint density at radius 3 is 2.61 bits per heavy atom. The van der Waals surface area contributed by atoms with Crippen LogP contribution >= 0.6 is 11.3 Å². The molecule has 2 amide bonds. The van der Waals surface area contributed by atoms with Gasteiger partial charge < -0.3 is 9.80 Å². The van der Waals surface area contributed by atoms with Crippen LogP contribution in [-0.2, 0) is 27.8 Å². The van der Waals surface area contributed by atoms with Crippen molar-refractivity contribution in [2.75, 3.05) is 29.5 Å². The number of hydrogen-bond acceptors (Lipinski definition) is 6. The number of likely N-dealkylation sites (N-methyl/N-ethyl adjacent to an activating group) is 1. The van der Waals surface area contributed by atoms with Crippen LogP contribution < -0.4 is 9.62 Å². The number of nitrogens with zero attached hydrogens (tertiary/aromatic N) is 3. The standard InChI is InChI=1S/C18H20N4O4S2/c1-4-16(23)21(2)13-7-5-12(6-8-13)17(24)22-10-9-14-15(11-22)27-18(19-14)20-28(3,25)26/h4-8H,1,9-11H2,2-3H3,(H,19,20). The molecule has 0 saturated carbocycles. The summed E-state index contributed by atoms with van der Waals surface area (Å²) in [5, 5.41) is 0.320. The molecule has 28 heavy (non-hydrogen) atoms. The monoisotopic (exact) mass is 420 g/mol. The Morgan fingerprint density at radius 1 is 1.32 bits per heavy atom. The topological polar surface area (TPSA) is 99.7 Å². The summed E-state index contributed by atoms with van der Waals surface area (Å²) >= 11 is 1.24. The molecule has 2 aromatic rings. The van der Waals surface area contributed by atoms with Crippen LogP contribution in [0.15, 0.2) is 36.9 Å². The van der Waals surface area contributed by atoms with Gasteiger partial charge in [-0.25, -0.2) is 13.4 Å². The minimum atomic E-state index is -3.39. The number of hydrogen-bond donors (Lipinski definition) is 1. The maximum absolute atomic E-state index is 12.8. The minimum absolute atomic E-state index is 0.124. The number of thiazole rings is 1. The normalized spacial score (nSPS) is 13.6. The maximum Gasteiger partial charge on any atom is 0.254 e. The average Bonchev–Trinajstić information content (AvgIpc) is 3.05. The zero-order chi connectivity index (χ0) is 20.5. The summed E-state index contributed by atoms with van der Waals surface area (Å²) in [5.74, 6) is -0.354.